The normalized spacial score (nSPS) is 23.8. The first-order valence-electron chi connectivity index (χ1n) is 9.39. The Morgan fingerprint density at radius 3 is 2.81 bits per heavy atom. The zero-order valence-corrected chi connectivity index (χ0v) is 16.1. The average Bonchev–Trinajstić information content (AvgIpc) is 2.99. The lowest BCUT2D eigenvalue weighted by Gasteiger charge is -2.42. The van der Waals surface area contributed by atoms with Crippen molar-refractivity contribution in [1.29, 1.82) is 0 Å². The van der Waals surface area contributed by atoms with Crippen LogP contribution in [0.25, 0.3) is 0 Å². The summed E-state index contributed by atoms with van der Waals surface area (Å²) in [6.07, 6.45) is 1.53. The standard InChI is InChI=1S/C20H29N3O3/c1-14-12-22(13-20(3,4)26-14)19(25)21-15(2)16-7-5-8-17(11-16)23-10-6-9-18(23)24/h5,7-8,11,14-15H,6,9-10,12-13H2,1-4H3,(H,21,25). The maximum atomic E-state index is 12.7. The van der Waals surface area contributed by atoms with Gasteiger partial charge in [0.1, 0.15) is 0 Å². The number of nitrogens with zero attached hydrogens (tertiary/aromatic N) is 2. The molecule has 2 fully saturated rings. The molecule has 2 aliphatic heterocycles. The van der Waals surface area contributed by atoms with Gasteiger partial charge in [-0.1, -0.05) is 12.1 Å². The van der Waals surface area contributed by atoms with Crippen molar-refractivity contribution in [3.05, 3.63) is 29.8 Å². The largest absolute Gasteiger partial charge is 0.369 e. The van der Waals surface area contributed by atoms with E-state index >= 15 is 0 Å². The zero-order chi connectivity index (χ0) is 18.9. The molecule has 1 N–H and O–H groups in total. The van der Waals surface area contributed by atoms with E-state index in [2.05, 4.69) is 5.32 Å². The van der Waals surface area contributed by atoms with Crippen LogP contribution in [0.5, 0.6) is 0 Å². The number of amides is 3. The number of benzene rings is 1. The number of hydrogen-bond acceptors (Lipinski definition) is 3. The number of nitrogens with one attached hydrogen (secondary N) is 1. The Bertz CT molecular complexity index is 689. The van der Waals surface area contributed by atoms with E-state index in [-0.39, 0.29) is 29.7 Å². The third-order valence-corrected chi connectivity index (χ3v) is 4.95. The molecule has 0 saturated carbocycles. The number of carbonyl (C=O) groups excluding carboxylic acids is 2. The molecule has 0 radical (unpaired) electrons. The van der Waals surface area contributed by atoms with E-state index in [4.69, 9.17) is 4.74 Å². The molecule has 3 rings (SSSR count). The molecule has 6 heteroatoms. The van der Waals surface area contributed by atoms with Crippen molar-refractivity contribution in [3.63, 3.8) is 0 Å². The van der Waals surface area contributed by atoms with Crippen LogP contribution in [0, 0.1) is 0 Å². The SMILES string of the molecule is CC1CN(C(=O)NC(C)c2cccc(N3CCCC3=O)c2)CC(C)(C)O1. The van der Waals surface area contributed by atoms with Crippen LogP contribution in [-0.4, -0.2) is 48.2 Å². The van der Waals surface area contributed by atoms with Crippen LogP contribution in [0.2, 0.25) is 0 Å². The molecule has 142 valence electrons. The lowest BCUT2D eigenvalue weighted by atomic mass is 10.1. The molecule has 0 aliphatic carbocycles. The highest BCUT2D eigenvalue weighted by Crippen LogP contribution is 2.25. The van der Waals surface area contributed by atoms with E-state index in [1.807, 2.05) is 61.8 Å². The first kappa shape index (κ1) is 18.7. The summed E-state index contributed by atoms with van der Waals surface area (Å²) >= 11 is 0. The summed E-state index contributed by atoms with van der Waals surface area (Å²) in [5, 5.41) is 3.08. The molecule has 2 unspecified atom stereocenters. The molecule has 2 heterocycles. The highest BCUT2D eigenvalue weighted by molar-refractivity contribution is 5.95. The molecule has 0 aromatic heterocycles. The minimum atomic E-state index is -0.339. The van der Waals surface area contributed by atoms with Gasteiger partial charge in [-0.3, -0.25) is 4.79 Å². The molecule has 2 atom stereocenters. The molecular weight excluding hydrogens is 330 g/mol. The molecule has 0 bridgehead atoms. The molecule has 1 aromatic rings. The van der Waals surface area contributed by atoms with Gasteiger partial charge in [-0.05, 0) is 51.8 Å². The predicted octanol–water partition coefficient (Wildman–Crippen LogP) is 3.08. The number of ether oxygens (including phenoxy) is 1. The number of urea groups is 1. The summed E-state index contributed by atoms with van der Waals surface area (Å²) in [7, 11) is 0. The molecule has 0 spiro atoms. The van der Waals surface area contributed by atoms with Gasteiger partial charge in [-0.2, -0.15) is 0 Å². The number of anilines is 1. The van der Waals surface area contributed by atoms with Gasteiger partial charge < -0.3 is 19.9 Å². The maximum absolute atomic E-state index is 12.7. The lowest BCUT2D eigenvalue weighted by molar-refractivity contribution is -0.117. The Morgan fingerprint density at radius 1 is 1.38 bits per heavy atom. The smallest absolute Gasteiger partial charge is 0.318 e. The van der Waals surface area contributed by atoms with Crippen molar-refractivity contribution in [2.45, 2.75) is 58.3 Å². The van der Waals surface area contributed by atoms with Gasteiger partial charge in [0.25, 0.3) is 0 Å². The fourth-order valence-corrected chi connectivity index (χ4v) is 3.85. The third kappa shape index (κ3) is 4.18. The van der Waals surface area contributed by atoms with E-state index in [0.29, 0.717) is 19.5 Å². The average molecular weight is 359 g/mol. The molecule has 1 aromatic carbocycles. The Morgan fingerprint density at radius 2 is 2.15 bits per heavy atom. The summed E-state index contributed by atoms with van der Waals surface area (Å²) in [4.78, 5) is 28.3. The van der Waals surface area contributed by atoms with Gasteiger partial charge in [0.15, 0.2) is 0 Å². The topological polar surface area (TPSA) is 61.9 Å². The first-order valence-corrected chi connectivity index (χ1v) is 9.39. The van der Waals surface area contributed by atoms with E-state index in [1.54, 1.807) is 0 Å². The second kappa shape index (κ2) is 7.27. The van der Waals surface area contributed by atoms with Crippen LogP contribution < -0.4 is 10.2 Å². The van der Waals surface area contributed by atoms with Crippen molar-refractivity contribution >= 4 is 17.6 Å². The summed E-state index contributed by atoms with van der Waals surface area (Å²) < 4.78 is 5.87. The summed E-state index contributed by atoms with van der Waals surface area (Å²) in [6, 6.07) is 7.66. The lowest BCUT2D eigenvalue weighted by Crippen LogP contribution is -2.56. The van der Waals surface area contributed by atoms with Crippen LogP contribution in [0.4, 0.5) is 10.5 Å². The van der Waals surface area contributed by atoms with E-state index in [0.717, 1.165) is 24.2 Å². The van der Waals surface area contributed by atoms with Crippen LogP contribution in [0.1, 0.15) is 52.1 Å². The fraction of sp³-hybridized carbons (Fsp3) is 0.600. The minimum absolute atomic E-state index is 0.0179. The van der Waals surface area contributed by atoms with Crippen molar-refractivity contribution < 1.29 is 14.3 Å². The van der Waals surface area contributed by atoms with E-state index < -0.39 is 0 Å². The number of rotatable bonds is 3. The van der Waals surface area contributed by atoms with Crippen LogP contribution >= 0.6 is 0 Å². The van der Waals surface area contributed by atoms with Crippen LogP contribution in [0.15, 0.2) is 24.3 Å². The molecule has 26 heavy (non-hydrogen) atoms. The Kier molecular flexibility index (Phi) is 5.23. The maximum Gasteiger partial charge on any atom is 0.318 e. The molecule has 6 nitrogen and oxygen atoms in total. The molecule has 3 amide bonds. The summed E-state index contributed by atoms with van der Waals surface area (Å²) in [6.45, 7) is 9.89. The number of hydrogen-bond donors (Lipinski definition) is 1. The zero-order valence-electron chi connectivity index (χ0n) is 16.1. The number of morpholine rings is 1. The second-order valence-electron chi connectivity index (χ2n) is 7.98. The van der Waals surface area contributed by atoms with Gasteiger partial charge in [0.2, 0.25) is 5.91 Å². The Labute approximate surface area is 155 Å². The summed E-state index contributed by atoms with van der Waals surface area (Å²) in [5.41, 5.74) is 1.57. The fourth-order valence-electron chi connectivity index (χ4n) is 3.85. The van der Waals surface area contributed by atoms with Crippen LogP contribution in [0.3, 0.4) is 0 Å². The molecule has 2 saturated heterocycles. The minimum Gasteiger partial charge on any atom is -0.369 e. The van der Waals surface area contributed by atoms with E-state index in [9.17, 15) is 9.59 Å². The predicted molar refractivity (Wildman–Crippen MR) is 101 cm³/mol. The monoisotopic (exact) mass is 359 g/mol. The van der Waals surface area contributed by atoms with Gasteiger partial charge in [-0.25, -0.2) is 4.79 Å². The van der Waals surface area contributed by atoms with Gasteiger partial charge in [0.05, 0.1) is 24.3 Å². The highest BCUT2D eigenvalue weighted by atomic mass is 16.5. The third-order valence-electron chi connectivity index (χ3n) is 4.95. The molecule has 2 aliphatic rings. The Hall–Kier alpha value is -2.08. The molecular formula is C20H29N3O3. The Balaban J connectivity index is 1.67. The first-order chi connectivity index (χ1) is 12.2. The number of carbonyl (C=O) groups is 2. The van der Waals surface area contributed by atoms with Gasteiger partial charge >= 0.3 is 6.03 Å². The van der Waals surface area contributed by atoms with Crippen molar-refractivity contribution in [2.75, 3.05) is 24.5 Å². The summed E-state index contributed by atoms with van der Waals surface area (Å²) in [5.74, 6) is 0.170. The second-order valence-corrected chi connectivity index (χ2v) is 7.98. The van der Waals surface area contributed by atoms with E-state index in [1.165, 1.54) is 0 Å². The van der Waals surface area contributed by atoms with Gasteiger partial charge in [-0.15, -0.1) is 0 Å². The van der Waals surface area contributed by atoms with Gasteiger partial charge in [0, 0.05) is 25.2 Å². The van der Waals surface area contributed by atoms with Crippen LogP contribution in [-0.2, 0) is 9.53 Å². The van der Waals surface area contributed by atoms with Crippen molar-refractivity contribution in [1.82, 2.24) is 10.2 Å². The highest BCUT2D eigenvalue weighted by Gasteiger charge is 2.34. The van der Waals surface area contributed by atoms with Crippen molar-refractivity contribution in [3.8, 4) is 0 Å². The van der Waals surface area contributed by atoms with Crippen molar-refractivity contribution in [2.24, 2.45) is 0 Å². The quantitative estimate of drug-likeness (QED) is 0.902.